The lowest BCUT2D eigenvalue weighted by molar-refractivity contribution is -0.133. The number of carbonyl (C=O) groups is 1. The van der Waals surface area contributed by atoms with Crippen LogP contribution in [0.3, 0.4) is 0 Å². The van der Waals surface area contributed by atoms with Crippen LogP contribution < -0.4 is 0 Å². The lowest BCUT2D eigenvalue weighted by Gasteiger charge is -2.33. The van der Waals surface area contributed by atoms with Gasteiger partial charge in [0.05, 0.1) is 18.4 Å². The summed E-state index contributed by atoms with van der Waals surface area (Å²) in [6.45, 7) is 1.10. The zero-order valence-electron chi connectivity index (χ0n) is 11.5. The highest BCUT2D eigenvalue weighted by Gasteiger charge is 2.26. The number of piperidine rings is 1. The average molecular weight is 279 g/mol. The molecule has 1 aliphatic rings. The van der Waals surface area contributed by atoms with Gasteiger partial charge in [-0.05, 0) is 25.2 Å². The molecular weight excluding hydrogens is 258 g/mol. The Balaban J connectivity index is 1.75. The van der Waals surface area contributed by atoms with E-state index in [1.54, 1.807) is 18.6 Å². The monoisotopic (exact) mass is 279 g/mol. The zero-order valence-corrected chi connectivity index (χ0v) is 11.5. The van der Waals surface area contributed by atoms with Crippen LogP contribution in [0.5, 0.6) is 0 Å². The molecule has 20 heavy (non-hydrogen) atoms. The summed E-state index contributed by atoms with van der Waals surface area (Å²) in [5.41, 5.74) is 0.825. The predicted molar refractivity (Wildman–Crippen MR) is 72.7 cm³/mol. The minimum Gasteiger partial charge on any atom is -0.394 e. The minimum atomic E-state index is -0.660. The molecule has 1 amide bonds. The van der Waals surface area contributed by atoms with Crippen LogP contribution >= 0.6 is 0 Å². The molecular formula is C14H21N3O3. The van der Waals surface area contributed by atoms with Crippen molar-refractivity contribution in [2.75, 3.05) is 19.7 Å². The van der Waals surface area contributed by atoms with Gasteiger partial charge in [-0.1, -0.05) is 0 Å². The van der Waals surface area contributed by atoms with Gasteiger partial charge in [0, 0.05) is 38.1 Å². The van der Waals surface area contributed by atoms with Crippen LogP contribution in [0, 0.1) is 5.92 Å². The fourth-order valence-electron chi connectivity index (χ4n) is 2.53. The molecule has 1 atom stereocenters. The number of rotatable bonds is 5. The molecule has 1 aliphatic heterocycles. The second kappa shape index (κ2) is 7.31. The Morgan fingerprint density at radius 3 is 2.75 bits per heavy atom. The molecule has 0 radical (unpaired) electrons. The highest BCUT2D eigenvalue weighted by atomic mass is 16.3. The van der Waals surface area contributed by atoms with E-state index in [1.807, 2.05) is 4.90 Å². The van der Waals surface area contributed by atoms with Crippen molar-refractivity contribution in [1.82, 2.24) is 14.9 Å². The van der Waals surface area contributed by atoms with E-state index in [0.29, 0.717) is 25.9 Å². The molecule has 110 valence electrons. The molecule has 1 aromatic rings. The molecule has 1 fully saturated rings. The van der Waals surface area contributed by atoms with Gasteiger partial charge < -0.3 is 15.1 Å². The van der Waals surface area contributed by atoms with Crippen LogP contribution in [-0.2, 0) is 11.2 Å². The number of hydrogen-bond acceptors (Lipinski definition) is 5. The summed E-state index contributed by atoms with van der Waals surface area (Å²) in [7, 11) is 0. The number of hydrogen-bond donors (Lipinski definition) is 2. The maximum Gasteiger partial charge on any atom is 0.222 e. The van der Waals surface area contributed by atoms with E-state index in [2.05, 4.69) is 9.97 Å². The van der Waals surface area contributed by atoms with E-state index in [9.17, 15) is 9.90 Å². The number of aromatic nitrogens is 2. The summed E-state index contributed by atoms with van der Waals surface area (Å²) in [5, 5.41) is 18.5. The molecule has 1 saturated heterocycles. The quantitative estimate of drug-likeness (QED) is 0.792. The Labute approximate surface area is 118 Å². The third-order valence-corrected chi connectivity index (χ3v) is 3.84. The van der Waals surface area contributed by atoms with Gasteiger partial charge >= 0.3 is 0 Å². The van der Waals surface area contributed by atoms with Crippen molar-refractivity contribution in [3.05, 3.63) is 24.3 Å². The molecule has 6 heteroatoms. The number of aliphatic hydroxyl groups is 2. The van der Waals surface area contributed by atoms with Crippen LogP contribution in [0.25, 0.3) is 0 Å². The predicted octanol–water partition coefficient (Wildman–Crippen LogP) is 0.001000. The molecule has 0 aromatic carbocycles. The first-order valence-corrected chi connectivity index (χ1v) is 7.02. The van der Waals surface area contributed by atoms with E-state index in [4.69, 9.17) is 5.11 Å². The van der Waals surface area contributed by atoms with Gasteiger partial charge in [0.15, 0.2) is 0 Å². The Kier molecular flexibility index (Phi) is 5.43. The number of carbonyl (C=O) groups excluding carboxylic acids is 1. The van der Waals surface area contributed by atoms with E-state index in [-0.39, 0.29) is 18.4 Å². The second-order valence-electron chi connectivity index (χ2n) is 5.16. The van der Waals surface area contributed by atoms with Crippen molar-refractivity contribution in [3.63, 3.8) is 0 Å². The highest BCUT2D eigenvalue weighted by molar-refractivity contribution is 5.76. The van der Waals surface area contributed by atoms with Gasteiger partial charge in [0.1, 0.15) is 0 Å². The molecule has 1 aromatic heterocycles. The number of likely N-dealkylation sites (tertiary alicyclic amines) is 1. The molecule has 0 bridgehead atoms. The summed E-state index contributed by atoms with van der Waals surface area (Å²) in [4.78, 5) is 22.0. The summed E-state index contributed by atoms with van der Waals surface area (Å²) in [5.74, 6) is 0.219. The van der Waals surface area contributed by atoms with E-state index in [0.717, 1.165) is 18.5 Å². The largest absolute Gasteiger partial charge is 0.394 e. The average Bonchev–Trinajstić information content (AvgIpc) is 2.53. The summed E-state index contributed by atoms with van der Waals surface area (Å²) in [6, 6.07) is 0. The maximum absolute atomic E-state index is 12.1. The van der Waals surface area contributed by atoms with Crippen molar-refractivity contribution in [1.29, 1.82) is 0 Å². The normalized spacial score (nSPS) is 18.0. The number of aliphatic hydroxyl groups excluding tert-OH is 2. The fraction of sp³-hybridized carbons (Fsp3) is 0.643. The van der Waals surface area contributed by atoms with Gasteiger partial charge in [0.25, 0.3) is 0 Å². The lowest BCUT2D eigenvalue weighted by atomic mass is 9.91. The van der Waals surface area contributed by atoms with Gasteiger partial charge in [-0.3, -0.25) is 14.8 Å². The topological polar surface area (TPSA) is 86.6 Å². The summed E-state index contributed by atoms with van der Waals surface area (Å²) < 4.78 is 0. The molecule has 0 aliphatic carbocycles. The molecule has 2 heterocycles. The molecule has 2 rings (SSSR count). The number of amides is 1. The van der Waals surface area contributed by atoms with Crippen molar-refractivity contribution < 1.29 is 15.0 Å². The zero-order chi connectivity index (χ0) is 14.4. The van der Waals surface area contributed by atoms with Gasteiger partial charge in [0.2, 0.25) is 5.91 Å². The van der Waals surface area contributed by atoms with Gasteiger partial charge in [-0.25, -0.2) is 0 Å². The molecule has 6 nitrogen and oxygen atoms in total. The van der Waals surface area contributed by atoms with Gasteiger partial charge in [-0.2, -0.15) is 0 Å². The lowest BCUT2D eigenvalue weighted by Crippen LogP contribution is -2.42. The smallest absolute Gasteiger partial charge is 0.222 e. The molecule has 1 unspecified atom stereocenters. The standard InChI is InChI=1S/C14H21N3O3/c18-10-13(19)11-3-7-17(8-4-11)14(20)2-1-12-9-15-5-6-16-12/h5-6,9,11,13,18-19H,1-4,7-8,10H2. The van der Waals surface area contributed by atoms with Crippen LogP contribution in [0.15, 0.2) is 18.6 Å². The molecule has 2 N–H and O–H groups in total. The Morgan fingerprint density at radius 2 is 2.15 bits per heavy atom. The maximum atomic E-state index is 12.1. The van der Waals surface area contributed by atoms with Crippen molar-refractivity contribution in [2.24, 2.45) is 5.92 Å². The first-order valence-electron chi connectivity index (χ1n) is 7.02. The van der Waals surface area contributed by atoms with Crippen molar-refractivity contribution >= 4 is 5.91 Å². The van der Waals surface area contributed by atoms with Crippen molar-refractivity contribution in [2.45, 2.75) is 31.8 Å². The Morgan fingerprint density at radius 1 is 1.40 bits per heavy atom. The SMILES string of the molecule is O=C(CCc1cnccn1)N1CCC(C(O)CO)CC1. The van der Waals surface area contributed by atoms with E-state index in [1.165, 1.54) is 0 Å². The number of nitrogens with zero attached hydrogens (tertiary/aromatic N) is 3. The first-order chi connectivity index (χ1) is 9.70. The van der Waals surface area contributed by atoms with Crippen LogP contribution in [0.4, 0.5) is 0 Å². The third kappa shape index (κ3) is 3.98. The van der Waals surface area contributed by atoms with Crippen LogP contribution in [-0.4, -0.2) is 56.8 Å². The van der Waals surface area contributed by atoms with Gasteiger partial charge in [-0.15, -0.1) is 0 Å². The highest BCUT2D eigenvalue weighted by Crippen LogP contribution is 2.21. The summed E-state index contributed by atoms with van der Waals surface area (Å²) >= 11 is 0. The summed E-state index contributed by atoms with van der Waals surface area (Å²) in [6.07, 6.45) is 6.79. The van der Waals surface area contributed by atoms with E-state index >= 15 is 0 Å². The van der Waals surface area contributed by atoms with Crippen molar-refractivity contribution in [3.8, 4) is 0 Å². The fourth-order valence-corrected chi connectivity index (χ4v) is 2.53. The van der Waals surface area contributed by atoms with Crippen LogP contribution in [0.2, 0.25) is 0 Å². The Hall–Kier alpha value is -1.53. The first kappa shape index (κ1) is 14.9. The number of aryl methyl sites for hydroxylation is 1. The third-order valence-electron chi connectivity index (χ3n) is 3.84. The minimum absolute atomic E-state index is 0.101. The molecule has 0 saturated carbocycles. The van der Waals surface area contributed by atoms with Crippen LogP contribution in [0.1, 0.15) is 25.0 Å². The Bertz CT molecular complexity index is 419. The molecule has 0 spiro atoms. The second-order valence-corrected chi connectivity index (χ2v) is 5.16. The van der Waals surface area contributed by atoms with E-state index < -0.39 is 6.10 Å².